The standard InChI is InChI=1S/C21H21N3OS/c1-14-4-8-17(9-5-14)20-22-13-19(15(2)24-20)21(25)23-12-16-6-10-18(26-3)11-7-16/h4-11,13H,12H2,1-3H3,(H,23,25). The SMILES string of the molecule is CSc1ccc(CNC(=O)c2cnc(-c3ccc(C)cc3)nc2C)cc1. The van der Waals surface area contributed by atoms with Crippen LogP contribution in [0.25, 0.3) is 11.4 Å². The van der Waals surface area contributed by atoms with Gasteiger partial charge in [-0.3, -0.25) is 4.79 Å². The highest BCUT2D eigenvalue weighted by Gasteiger charge is 2.12. The Morgan fingerprint density at radius 1 is 1.04 bits per heavy atom. The summed E-state index contributed by atoms with van der Waals surface area (Å²) in [5, 5.41) is 2.93. The zero-order chi connectivity index (χ0) is 18.5. The van der Waals surface area contributed by atoms with E-state index < -0.39 is 0 Å². The molecule has 0 aliphatic heterocycles. The van der Waals surface area contributed by atoms with Crippen molar-refractivity contribution in [2.24, 2.45) is 0 Å². The van der Waals surface area contributed by atoms with Gasteiger partial charge in [0.05, 0.1) is 11.3 Å². The summed E-state index contributed by atoms with van der Waals surface area (Å²) < 4.78 is 0. The number of rotatable bonds is 5. The largest absolute Gasteiger partial charge is 0.348 e. The number of hydrogen-bond donors (Lipinski definition) is 1. The van der Waals surface area contributed by atoms with Crippen molar-refractivity contribution in [1.29, 1.82) is 0 Å². The van der Waals surface area contributed by atoms with E-state index in [1.165, 1.54) is 10.5 Å². The molecule has 1 heterocycles. The van der Waals surface area contributed by atoms with Crippen LogP contribution in [0.1, 0.15) is 27.2 Å². The Labute approximate surface area is 158 Å². The minimum Gasteiger partial charge on any atom is -0.348 e. The highest BCUT2D eigenvalue weighted by Crippen LogP contribution is 2.17. The van der Waals surface area contributed by atoms with Gasteiger partial charge in [0.15, 0.2) is 5.82 Å². The van der Waals surface area contributed by atoms with Gasteiger partial charge in [0.2, 0.25) is 0 Å². The number of carbonyl (C=O) groups is 1. The molecule has 0 radical (unpaired) electrons. The number of carbonyl (C=O) groups excluding carboxylic acids is 1. The predicted molar refractivity (Wildman–Crippen MR) is 106 cm³/mol. The molecule has 5 heteroatoms. The fraction of sp³-hybridized carbons (Fsp3) is 0.190. The second-order valence-electron chi connectivity index (χ2n) is 6.09. The normalized spacial score (nSPS) is 10.6. The van der Waals surface area contributed by atoms with Gasteiger partial charge in [0, 0.05) is 23.2 Å². The summed E-state index contributed by atoms with van der Waals surface area (Å²) in [6.45, 7) is 4.35. The second-order valence-corrected chi connectivity index (χ2v) is 6.97. The van der Waals surface area contributed by atoms with Crippen molar-refractivity contribution in [3.63, 3.8) is 0 Å². The average Bonchev–Trinajstić information content (AvgIpc) is 2.67. The Hall–Kier alpha value is -2.66. The van der Waals surface area contributed by atoms with Gasteiger partial charge in [0.1, 0.15) is 0 Å². The molecular formula is C21H21N3OS. The van der Waals surface area contributed by atoms with Crippen molar-refractivity contribution in [1.82, 2.24) is 15.3 Å². The fourth-order valence-electron chi connectivity index (χ4n) is 2.55. The molecule has 0 fully saturated rings. The van der Waals surface area contributed by atoms with Crippen LogP contribution in [0.4, 0.5) is 0 Å². The zero-order valence-corrected chi connectivity index (χ0v) is 15.9. The molecule has 0 aliphatic rings. The molecule has 0 saturated heterocycles. The lowest BCUT2D eigenvalue weighted by atomic mass is 10.1. The molecule has 0 spiro atoms. The summed E-state index contributed by atoms with van der Waals surface area (Å²) in [4.78, 5) is 22.5. The van der Waals surface area contributed by atoms with Crippen molar-refractivity contribution >= 4 is 17.7 Å². The summed E-state index contributed by atoms with van der Waals surface area (Å²) in [5.74, 6) is 0.471. The Morgan fingerprint density at radius 3 is 2.35 bits per heavy atom. The van der Waals surface area contributed by atoms with Crippen molar-refractivity contribution in [3.8, 4) is 11.4 Å². The van der Waals surface area contributed by atoms with Gasteiger partial charge in [-0.25, -0.2) is 9.97 Å². The molecular weight excluding hydrogens is 342 g/mol. The van der Waals surface area contributed by atoms with Gasteiger partial charge in [-0.1, -0.05) is 42.0 Å². The molecule has 0 unspecified atom stereocenters. The molecule has 1 aromatic heterocycles. The molecule has 3 aromatic rings. The Kier molecular flexibility index (Phi) is 5.68. The first kappa shape index (κ1) is 18.1. The van der Waals surface area contributed by atoms with Crippen LogP contribution in [0, 0.1) is 13.8 Å². The van der Waals surface area contributed by atoms with Gasteiger partial charge < -0.3 is 5.32 Å². The quantitative estimate of drug-likeness (QED) is 0.682. The van der Waals surface area contributed by atoms with Crippen LogP contribution in [0.3, 0.4) is 0 Å². The van der Waals surface area contributed by atoms with Gasteiger partial charge >= 0.3 is 0 Å². The number of nitrogens with one attached hydrogen (secondary N) is 1. The van der Waals surface area contributed by atoms with E-state index in [4.69, 9.17) is 0 Å². The molecule has 4 nitrogen and oxygen atoms in total. The van der Waals surface area contributed by atoms with Crippen LogP contribution in [-0.4, -0.2) is 22.1 Å². The number of hydrogen-bond acceptors (Lipinski definition) is 4. The maximum atomic E-state index is 12.5. The van der Waals surface area contributed by atoms with E-state index in [0.29, 0.717) is 23.6 Å². The van der Waals surface area contributed by atoms with Crippen LogP contribution in [0.2, 0.25) is 0 Å². The smallest absolute Gasteiger partial charge is 0.254 e. The van der Waals surface area contributed by atoms with Crippen molar-refractivity contribution in [2.45, 2.75) is 25.3 Å². The Morgan fingerprint density at radius 2 is 1.73 bits per heavy atom. The molecule has 2 aromatic carbocycles. The summed E-state index contributed by atoms with van der Waals surface area (Å²) in [6.07, 6.45) is 3.64. The fourth-order valence-corrected chi connectivity index (χ4v) is 2.96. The average molecular weight is 363 g/mol. The van der Waals surface area contributed by atoms with Crippen molar-refractivity contribution in [2.75, 3.05) is 6.26 Å². The number of aryl methyl sites for hydroxylation is 2. The summed E-state index contributed by atoms with van der Waals surface area (Å²) in [5.41, 5.74) is 4.37. The van der Waals surface area contributed by atoms with Crippen LogP contribution < -0.4 is 5.32 Å². The number of thioether (sulfide) groups is 1. The van der Waals surface area contributed by atoms with E-state index in [2.05, 4.69) is 27.4 Å². The van der Waals surface area contributed by atoms with E-state index >= 15 is 0 Å². The Balaban J connectivity index is 1.70. The van der Waals surface area contributed by atoms with Crippen LogP contribution in [0.15, 0.2) is 59.6 Å². The lowest BCUT2D eigenvalue weighted by molar-refractivity contribution is 0.0949. The first-order chi connectivity index (χ1) is 12.6. The number of benzene rings is 2. The van der Waals surface area contributed by atoms with E-state index in [-0.39, 0.29) is 5.91 Å². The van der Waals surface area contributed by atoms with Gasteiger partial charge in [0.25, 0.3) is 5.91 Å². The van der Waals surface area contributed by atoms with E-state index in [9.17, 15) is 4.79 Å². The monoisotopic (exact) mass is 363 g/mol. The third kappa shape index (κ3) is 4.29. The van der Waals surface area contributed by atoms with Crippen molar-refractivity contribution < 1.29 is 4.79 Å². The van der Waals surface area contributed by atoms with Crippen LogP contribution in [0.5, 0.6) is 0 Å². The van der Waals surface area contributed by atoms with Crippen LogP contribution >= 0.6 is 11.8 Å². The summed E-state index contributed by atoms with van der Waals surface area (Å²) in [6, 6.07) is 16.2. The molecule has 0 atom stereocenters. The van der Waals surface area contributed by atoms with Crippen molar-refractivity contribution in [3.05, 3.63) is 77.1 Å². The maximum absolute atomic E-state index is 12.5. The van der Waals surface area contributed by atoms with E-state index in [0.717, 1.165) is 11.1 Å². The molecule has 3 rings (SSSR count). The second kappa shape index (κ2) is 8.15. The number of aromatic nitrogens is 2. The lowest BCUT2D eigenvalue weighted by Crippen LogP contribution is -2.24. The Bertz CT molecular complexity index is 906. The molecule has 1 N–H and O–H groups in total. The van der Waals surface area contributed by atoms with E-state index in [1.54, 1.807) is 18.0 Å². The molecule has 0 saturated carbocycles. The van der Waals surface area contributed by atoms with Gasteiger partial charge in [-0.15, -0.1) is 11.8 Å². The topological polar surface area (TPSA) is 54.9 Å². The molecule has 0 aliphatic carbocycles. The van der Waals surface area contributed by atoms with Gasteiger partial charge in [-0.05, 0) is 37.8 Å². The molecule has 132 valence electrons. The molecule has 1 amide bonds. The third-order valence-corrected chi connectivity index (χ3v) is 4.89. The maximum Gasteiger partial charge on any atom is 0.254 e. The first-order valence-electron chi connectivity index (χ1n) is 8.38. The minimum atomic E-state index is -0.160. The predicted octanol–water partition coefficient (Wildman–Crippen LogP) is 4.41. The highest BCUT2D eigenvalue weighted by molar-refractivity contribution is 7.98. The number of nitrogens with zero attached hydrogens (tertiary/aromatic N) is 2. The first-order valence-corrected chi connectivity index (χ1v) is 9.61. The van der Waals surface area contributed by atoms with Gasteiger partial charge in [-0.2, -0.15) is 0 Å². The summed E-state index contributed by atoms with van der Waals surface area (Å²) in [7, 11) is 0. The highest BCUT2D eigenvalue weighted by atomic mass is 32.2. The van der Waals surface area contributed by atoms with Crippen LogP contribution in [-0.2, 0) is 6.54 Å². The minimum absolute atomic E-state index is 0.160. The summed E-state index contributed by atoms with van der Waals surface area (Å²) >= 11 is 1.70. The molecule has 26 heavy (non-hydrogen) atoms. The lowest BCUT2D eigenvalue weighted by Gasteiger charge is -2.09. The van der Waals surface area contributed by atoms with E-state index in [1.807, 2.05) is 56.5 Å². The zero-order valence-electron chi connectivity index (χ0n) is 15.1. The molecule has 0 bridgehead atoms. The third-order valence-electron chi connectivity index (χ3n) is 4.15. The number of amides is 1.